The van der Waals surface area contributed by atoms with Crippen LogP contribution < -0.4 is 5.32 Å². The Kier molecular flexibility index (Phi) is 3.18. The highest BCUT2D eigenvalue weighted by Gasteiger charge is 2.34. The van der Waals surface area contributed by atoms with Crippen molar-refractivity contribution < 1.29 is 0 Å². The Morgan fingerprint density at radius 1 is 1.00 bits per heavy atom. The lowest BCUT2D eigenvalue weighted by Crippen LogP contribution is -2.56. The van der Waals surface area contributed by atoms with Crippen molar-refractivity contribution in [3.05, 3.63) is 0 Å². The van der Waals surface area contributed by atoms with E-state index in [0.29, 0.717) is 6.04 Å². The molecule has 3 fully saturated rings. The van der Waals surface area contributed by atoms with Crippen LogP contribution in [0.4, 0.5) is 0 Å². The molecule has 3 atom stereocenters. The van der Waals surface area contributed by atoms with Crippen LogP contribution in [0.1, 0.15) is 32.6 Å². The number of hydrogen-bond acceptors (Lipinski definition) is 3. The topological polar surface area (TPSA) is 18.5 Å². The zero-order chi connectivity index (χ0) is 11.0. The minimum Gasteiger partial charge on any atom is -0.312 e. The van der Waals surface area contributed by atoms with Crippen LogP contribution in [0.3, 0.4) is 0 Å². The van der Waals surface area contributed by atoms with Crippen LogP contribution in [0.15, 0.2) is 0 Å². The monoisotopic (exact) mass is 223 g/mol. The quantitative estimate of drug-likeness (QED) is 0.713. The highest BCUT2D eigenvalue weighted by Crippen LogP contribution is 2.29. The lowest BCUT2D eigenvalue weighted by molar-refractivity contribution is 0.0692. The van der Waals surface area contributed by atoms with Gasteiger partial charge in [0.05, 0.1) is 0 Å². The number of hydrogen-bond donors (Lipinski definition) is 1. The number of piperazine rings is 1. The fraction of sp³-hybridized carbons (Fsp3) is 1.00. The number of piperidine rings is 1. The summed E-state index contributed by atoms with van der Waals surface area (Å²) in [6.07, 6.45) is 5.74. The molecule has 0 aromatic heterocycles. The predicted octanol–water partition coefficient (Wildman–Crippen LogP) is 0.907. The van der Waals surface area contributed by atoms with E-state index >= 15 is 0 Å². The highest BCUT2D eigenvalue weighted by atomic mass is 15.3. The lowest BCUT2D eigenvalue weighted by atomic mass is 9.95. The first kappa shape index (κ1) is 11.0. The maximum absolute atomic E-state index is 3.55. The number of rotatable bonds is 1. The van der Waals surface area contributed by atoms with Crippen molar-refractivity contribution in [2.24, 2.45) is 0 Å². The van der Waals surface area contributed by atoms with Crippen molar-refractivity contribution in [2.75, 3.05) is 32.7 Å². The first-order chi connectivity index (χ1) is 7.83. The molecule has 3 aliphatic heterocycles. The van der Waals surface area contributed by atoms with Crippen LogP contribution in [0.5, 0.6) is 0 Å². The average Bonchev–Trinajstić information content (AvgIpc) is 2.75. The van der Waals surface area contributed by atoms with E-state index in [0.717, 1.165) is 12.1 Å². The molecular formula is C13H25N3. The summed E-state index contributed by atoms with van der Waals surface area (Å²) in [5.41, 5.74) is 0. The van der Waals surface area contributed by atoms with Gasteiger partial charge in [0.1, 0.15) is 0 Å². The largest absolute Gasteiger partial charge is 0.312 e. The molecule has 3 aliphatic rings. The Morgan fingerprint density at radius 2 is 1.88 bits per heavy atom. The molecule has 0 saturated carbocycles. The number of nitrogens with one attached hydrogen (secondary N) is 1. The standard InChI is InChI=1S/C13H25N3/c1-11-10-16(8-5-14-11)13-4-7-15-6-2-3-12(15)9-13/h11-14H,2-10H2,1H3. The number of nitrogens with zero attached hydrogens (tertiary/aromatic N) is 2. The highest BCUT2D eigenvalue weighted by molar-refractivity contribution is 4.92. The van der Waals surface area contributed by atoms with Gasteiger partial charge in [0, 0.05) is 37.8 Å². The van der Waals surface area contributed by atoms with Gasteiger partial charge in [-0.3, -0.25) is 4.90 Å². The molecule has 3 heterocycles. The Morgan fingerprint density at radius 3 is 2.75 bits per heavy atom. The molecule has 0 amide bonds. The van der Waals surface area contributed by atoms with E-state index in [2.05, 4.69) is 22.0 Å². The molecule has 0 spiro atoms. The van der Waals surface area contributed by atoms with Crippen LogP contribution >= 0.6 is 0 Å². The second-order valence-corrected chi connectivity index (χ2v) is 5.86. The molecule has 92 valence electrons. The minimum atomic E-state index is 0.690. The summed E-state index contributed by atoms with van der Waals surface area (Å²) in [6, 6.07) is 2.49. The molecule has 3 unspecified atom stereocenters. The van der Waals surface area contributed by atoms with E-state index in [4.69, 9.17) is 0 Å². The van der Waals surface area contributed by atoms with Crippen LogP contribution in [-0.2, 0) is 0 Å². The molecule has 3 nitrogen and oxygen atoms in total. The third kappa shape index (κ3) is 2.13. The molecule has 0 aromatic carbocycles. The van der Waals surface area contributed by atoms with Crippen molar-refractivity contribution in [1.29, 1.82) is 0 Å². The molecule has 16 heavy (non-hydrogen) atoms. The van der Waals surface area contributed by atoms with E-state index in [1.54, 1.807) is 0 Å². The summed E-state index contributed by atoms with van der Waals surface area (Å²) in [5.74, 6) is 0. The predicted molar refractivity (Wildman–Crippen MR) is 66.7 cm³/mol. The van der Waals surface area contributed by atoms with Crippen LogP contribution in [0.25, 0.3) is 0 Å². The zero-order valence-corrected chi connectivity index (χ0v) is 10.5. The van der Waals surface area contributed by atoms with E-state index in [1.165, 1.54) is 58.4 Å². The Labute approximate surface area is 99.2 Å². The van der Waals surface area contributed by atoms with Crippen molar-refractivity contribution in [1.82, 2.24) is 15.1 Å². The van der Waals surface area contributed by atoms with Gasteiger partial charge in [0.15, 0.2) is 0 Å². The summed E-state index contributed by atoms with van der Waals surface area (Å²) in [7, 11) is 0. The van der Waals surface area contributed by atoms with Gasteiger partial charge in [-0.2, -0.15) is 0 Å². The van der Waals surface area contributed by atoms with E-state index < -0.39 is 0 Å². The Bertz CT molecular complexity index is 243. The first-order valence-electron chi connectivity index (χ1n) is 7.04. The van der Waals surface area contributed by atoms with Gasteiger partial charge < -0.3 is 10.2 Å². The molecule has 3 saturated heterocycles. The average molecular weight is 223 g/mol. The van der Waals surface area contributed by atoms with Crippen LogP contribution in [-0.4, -0.2) is 60.6 Å². The molecule has 0 aromatic rings. The van der Waals surface area contributed by atoms with E-state index in [9.17, 15) is 0 Å². The fourth-order valence-electron chi connectivity index (χ4n) is 3.83. The number of fused-ring (bicyclic) bond motifs is 1. The van der Waals surface area contributed by atoms with Gasteiger partial charge in [0.25, 0.3) is 0 Å². The van der Waals surface area contributed by atoms with Gasteiger partial charge in [-0.15, -0.1) is 0 Å². The van der Waals surface area contributed by atoms with Gasteiger partial charge in [-0.1, -0.05) is 0 Å². The molecule has 0 bridgehead atoms. The van der Waals surface area contributed by atoms with E-state index in [1.807, 2.05) is 0 Å². The second-order valence-electron chi connectivity index (χ2n) is 5.86. The second kappa shape index (κ2) is 4.63. The minimum absolute atomic E-state index is 0.690. The van der Waals surface area contributed by atoms with Gasteiger partial charge >= 0.3 is 0 Å². The van der Waals surface area contributed by atoms with Gasteiger partial charge in [-0.05, 0) is 45.7 Å². The van der Waals surface area contributed by atoms with E-state index in [-0.39, 0.29) is 0 Å². The fourth-order valence-corrected chi connectivity index (χ4v) is 3.83. The Hall–Kier alpha value is -0.120. The summed E-state index contributed by atoms with van der Waals surface area (Å²) in [6.45, 7) is 8.75. The molecule has 3 rings (SSSR count). The van der Waals surface area contributed by atoms with Crippen LogP contribution in [0.2, 0.25) is 0 Å². The van der Waals surface area contributed by atoms with Crippen LogP contribution in [0, 0.1) is 0 Å². The molecule has 0 radical (unpaired) electrons. The third-order valence-electron chi connectivity index (χ3n) is 4.71. The van der Waals surface area contributed by atoms with Gasteiger partial charge in [0.2, 0.25) is 0 Å². The SMILES string of the molecule is CC1CN(C2CCN3CCCC3C2)CCN1. The van der Waals surface area contributed by atoms with Crippen molar-refractivity contribution in [3.63, 3.8) is 0 Å². The Balaban J connectivity index is 1.58. The maximum Gasteiger partial charge on any atom is 0.0167 e. The molecule has 3 heteroatoms. The van der Waals surface area contributed by atoms with Crippen molar-refractivity contribution in [3.8, 4) is 0 Å². The molecule has 0 aliphatic carbocycles. The maximum atomic E-state index is 3.55. The first-order valence-corrected chi connectivity index (χ1v) is 7.04. The summed E-state index contributed by atoms with van der Waals surface area (Å²) < 4.78 is 0. The normalized spacial score (nSPS) is 42.2. The summed E-state index contributed by atoms with van der Waals surface area (Å²) in [5, 5.41) is 3.55. The summed E-state index contributed by atoms with van der Waals surface area (Å²) in [4.78, 5) is 5.47. The lowest BCUT2D eigenvalue weighted by Gasteiger charge is -2.43. The van der Waals surface area contributed by atoms with Gasteiger partial charge in [-0.25, -0.2) is 0 Å². The molecular weight excluding hydrogens is 198 g/mol. The van der Waals surface area contributed by atoms with Crippen molar-refractivity contribution in [2.45, 2.75) is 50.7 Å². The third-order valence-corrected chi connectivity index (χ3v) is 4.71. The summed E-state index contributed by atoms with van der Waals surface area (Å²) >= 11 is 0. The van der Waals surface area contributed by atoms with Crippen molar-refractivity contribution >= 4 is 0 Å². The molecule has 1 N–H and O–H groups in total. The zero-order valence-electron chi connectivity index (χ0n) is 10.5. The smallest absolute Gasteiger partial charge is 0.0167 e.